The molecule has 3 rings (SSSR count). The van der Waals surface area contributed by atoms with Crippen molar-refractivity contribution >= 4 is 15.9 Å². The first kappa shape index (κ1) is 12.6. The number of benzene rings is 1. The number of hydrogen-bond acceptors (Lipinski definition) is 3. The number of rotatable bonds is 2. The minimum absolute atomic E-state index is 0.364. The van der Waals surface area contributed by atoms with Gasteiger partial charge in [-0.05, 0) is 52.0 Å². The number of pyridine rings is 1. The maximum absolute atomic E-state index is 6.49. The standard InChI is InChI=1S/C15H15BrN2O/c16-13-5-11(8-18-9-13)6-15(17)7-12-3-1-2-4-14(12)19-10-15/h1-5,8-9H,6-7,10,17H2. The van der Waals surface area contributed by atoms with Gasteiger partial charge in [0.1, 0.15) is 12.4 Å². The van der Waals surface area contributed by atoms with Gasteiger partial charge in [-0.2, -0.15) is 0 Å². The van der Waals surface area contributed by atoms with Crippen molar-refractivity contribution in [2.24, 2.45) is 5.73 Å². The van der Waals surface area contributed by atoms with E-state index in [-0.39, 0.29) is 5.54 Å². The second kappa shape index (κ2) is 4.94. The molecular formula is C15H15BrN2O. The van der Waals surface area contributed by atoms with Crippen molar-refractivity contribution in [1.29, 1.82) is 0 Å². The van der Waals surface area contributed by atoms with Gasteiger partial charge in [0.25, 0.3) is 0 Å². The molecule has 0 aliphatic carbocycles. The molecule has 0 spiro atoms. The van der Waals surface area contributed by atoms with Crippen molar-refractivity contribution in [2.45, 2.75) is 18.4 Å². The molecule has 4 heteroatoms. The summed E-state index contributed by atoms with van der Waals surface area (Å²) in [6.45, 7) is 0.538. The van der Waals surface area contributed by atoms with Crippen LogP contribution in [0.5, 0.6) is 5.75 Å². The normalized spacial score (nSPS) is 21.6. The third-order valence-corrected chi connectivity index (χ3v) is 3.78. The summed E-state index contributed by atoms with van der Waals surface area (Å²) in [6, 6.07) is 10.1. The van der Waals surface area contributed by atoms with Crippen LogP contribution in [0.4, 0.5) is 0 Å². The maximum atomic E-state index is 6.49. The van der Waals surface area contributed by atoms with Crippen LogP contribution in [0.25, 0.3) is 0 Å². The lowest BCUT2D eigenvalue weighted by Gasteiger charge is -2.34. The Bertz CT molecular complexity index is 602. The summed E-state index contributed by atoms with van der Waals surface area (Å²) in [7, 11) is 0. The summed E-state index contributed by atoms with van der Waals surface area (Å²) < 4.78 is 6.76. The number of nitrogens with zero attached hydrogens (tertiary/aromatic N) is 1. The molecule has 1 aromatic heterocycles. The Hall–Kier alpha value is -1.39. The van der Waals surface area contributed by atoms with Gasteiger partial charge in [-0.25, -0.2) is 0 Å². The third-order valence-electron chi connectivity index (χ3n) is 3.35. The van der Waals surface area contributed by atoms with E-state index in [9.17, 15) is 0 Å². The highest BCUT2D eigenvalue weighted by Crippen LogP contribution is 2.30. The molecule has 0 bridgehead atoms. The maximum Gasteiger partial charge on any atom is 0.122 e. The summed E-state index contributed by atoms with van der Waals surface area (Å²) in [5.74, 6) is 0.955. The number of ether oxygens (including phenoxy) is 1. The Morgan fingerprint density at radius 1 is 1.32 bits per heavy atom. The predicted molar refractivity (Wildman–Crippen MR) is 78.2 cm³/mol. The molecule has 1 unspecified atom stereocenters. The fourth-order valence-electron chi connectivity index (χ4n) is 2.52. The number of aromatic nitrogens is 1. The molecule has 0 saturated heterocycles. The molecule has 1 aromatic carbocycles. The number of halogens is 1. The van der Waals surface area contributed by atoms with Gasteiger partial charge in [0.15, 0.2) is 0 Å². The van der Waals surface area contributed by atoms with Crippen LogP contribution in [0.1, 0.15) is 11.1 Å². The Morgan fingerprint density at radius 2 is 2.16 bits per heavy atom. The molecule has 3 nitrogen and oxygen atoms in total. The highest BCUT2D eigenvalue weighted by Gasteiger charge is 2.32. The zero-order valence-electron chi connectivity index (χ0n) is 10.5. The minimum atomic E-state index is -0.364. The number of fused-ring (bicyclic) bond motifs is 1. The molecule has 2 heterocycles. The van der Waals surface area contributed by atoms with Gasteiger partial charge in [-0.15, -0.1) is 0 Å². The molecule has 98 valence electrons. The second-order valence-corrected chi connectivity index (χ2v) is 6.04. The van der Waals surface area contributed by atoms with Gasteiger partial charge in [-0.1, -0.05) is 18.2 Å². The Kier molecular flexibility index (Phi) is 3.29. The van der Waals surface area contributed by atoms with Gasteiger partial charge in [0, 0.05) is 16.9 Å². The molecule has 1 aliphatic heterocycles. The first-order valence-electron chi connectivity index (χ1n) is 6.24. The summed E-state index contributed by atoms with van der Waals surface area (Å²) in [5.41, 5.74) is 8.43. The molecule has 0 fully saturated rings. The van der Waals surface area contributed by atoms with Crippen molar-refractivity contribution in [3.63, 3.8) is 0 Å². The van der Waals surface area contributed by atoms with Crippen molar-refractivity contribution in [2.75, 3.05) is 6.61 Å². The van der Waals surface area contributed by atoms with E-state index >= 15 is 0 Å². The van der Waals surface area contributed by atoms with E-state index in [1.807, 2.05) is 24.4 Å². The zero-order chi connectivity index (χ0) is 13.3. The average Bonchev–Trinajstić information content (AvgIpc) is 2.38. The number of nitrogens with two attached hydrogens (primary N) is 1. The van der Waals surface area contributed by atoms with Gasteiger partial charge < -0.3 is 10.5 Å². The first-order chi connectivity index (χ1) is 9.15. The van der Waals surface area contributed by atoms with Crippen LogP contribution in [-0.2, 0) is 12.8 Å². The summed E-state index contributed by atoms with van der Waals surface area (Å²) in [4.78, 5) is 4.18. The molecule has 1 atom stereocenters. The first-order valence-corrected chi connectivity index (χ1v) is 7.03. The van der Waals surface area contributed by atoms with E-state index in [2.05, 4.69) is 33.0 Å². The van der Waals surface area contributed by atoms with Crippen molar-refractivity contribution in [3.05, 3.63) is 58.3 Å². The van der Waals surface area contributed by atoms with Crippen molar-refractivity contribution in [3.8, 4) is 5.75 Å². The van der Waals surface area contributed by atoms with Crippen LogP contribution < -0.4 is 10.5 Å². The quantitative estimate of drug-likeness (QED) is 0.926. The van der Waals surface area contributed by atoms with E-state index < -0.39 is 0 Å². The van der Waals surface area contributed by atoms with E-state index in [1.54, 1.807) is 6.20 Å². The molecule has 0 saturated carbocycles. The van der Waals surface area contributed by atoms with Crippen molar-refractivity contribution in [1.82, 2.24) is 4.98 Å². The molecule has 2 aromatic rings. The van der Waals surface area contributed by atoms with E-state index in [0.717, 1.165) is 28.6 Å². The fraction of sp³-hybridized carbons (Fsp3) is 0.267. The molecule has 1 aliphatic rings. The zero-order valence-corrected chi connectivity index (χ0v) is 12.1. The van der Waals surface area contributed by atoms with Gasteiger partial charge >= 0.3 is 0 Å². The molecule has 2 N–H and O–H groups in total. The fourth-order valence-corrected chi connectivity index (χ4v) is 2.93. The lowest BCUT2D eigenvalue weighted by molar-refractivity contribution is 0.190. The van der Waals surface area contributed by atoms with E-state index in [1.165, 1.54) is 5.56 Å². The second-order valence-electron chi connectivity index (χ2n) is 5.12. The van der Waals surface area contributed by atoms with Crippen LogP contribution in [0.15, 0.2) is 47.2 Å². The van der Waals surface area contributed by atoms with E-state index in [4.69, 9.17) is 10.5 Å². The largest absolute Gasteiger partial charge is 0.491 e. The monoisotopic (exact) mass is 318 g/mol. The Labute approximate surface area is 120 Å². The third kappa shape index (κ3) is 2.80. The average molecular weight is 319 g/mol. The molecular weight excluding hydrogens is 304 g/mol. The smallest absolute Gasteiger partial charge is 0.122 e. The predicted octanol–water partition coefficient (Wildman–Crippen LogP) is 2.72. The highest BCUT2D eigenvalue weighted by atomic mass is 79.9. The van der Waals surface area contributed by atoms with Crippen LogP contribution in [-0.4, -0.2) is 17.1 Å². The SMILES string of the molecule is NC1(Cc2cncc(Br)c2)COc2ccccc2C1. The Morgan fingerprint density at radius 3 is 3.00 bits per heavy atom. The minimum Gasteiger partial charge on any atom is -0.491 e. The van der Waals surface area contributed by atoms with Crippen LogP contribution in [0.2, 0.25) is 0 Å². The van der Waals surface area contributed by atoms with Gasteiger partial charge in [0.05, 0.1) is 5.54 Å². The molecule has 0 amide bonds. The lowest BCUT2D eigenvalue weighted by atomic mass is 9.85. The topological polar surface area (TPSA) is 48.1 Å². The number of hydrogen-bond donors (Lipinski definition) is 1. The molecule has 0 radical (unpaired) electrons. The van der Waals surface area contributed by atoms with Crippen LogP contribution >= 0.6 is 15.9 Å². The number of para-hydroxylation sites is 1. The molecule has 19 heavy (non-hydrogen) atoms. The van der Waals surface area contributed by atoms with Crippen LogP contribution in [0, 0.1) is 0 Å². The van der Waals surface area contributed by atoms with E-state index in [0.29, 0.717) is 6.61 Å². The van der Waals surface area contributed by atoms with Crippen LogP contribution in [0.3, 0.4) is 0 Å². The summed E-state index contributed by atoms with van der Waals surface area (Å²) in [6.07, 6.45) is 5.22. The lowest BCUT2D eigenvalue weighted by Crippen LogP contribution is -2.51. The highest BCUT2D eigenvalue weighted by molar-refractivity contribution is 9.10. The summed E-state index contributed by atoms with van der Waals surface area (Å²) in [5, 5.41) is 0. The van der Waals surface area contributed by atoms with Gasteiger partial charge in [-0.3, -0.25) is 4.98 Å². The Balaban J connectivity index is 1.82. The summed E-state index contributed by atoms with van der Waals surface area (Å²) >= 11 is 3.44. The van der Waals surface area contributed by atoms with Gasteiger partial charge in [0.2, 0.25) is 0 Å². The van der Waals surface area contributed by atoms with Crippen molar-refractivity contribution < 1.29 is 4.74 Å².